The van der Waals surface area contributed by atoms with Gasteiger partial charge in [-0.1, -0.05) is 12.1 Å². The van der Waals surface area contributed by atoms with Crippen molar-refractivity contribution in [2.45, 2.75) is 13.0 Å². The van der Waals surface area contributed by atoms with Crippen molar-refractivity contribution in [3.8, 4) is 17.6 Å². The molecular weight excluding hydrogens is 332 g/mol. The van der Waals surface area contributed by atoms with Crippen molar-refractivity contribution < 1.29 is 14.3 Å². The third-order valence-corrected chi connectivity index (χ3v) is 3.97. The lowest BCUT2D eigenvalue weighted by atomic mass is 10.2. The summed E-state index contributed by atoms with van der Waals surface area (Å²) >= 11 is 0. The first kappa shape index (κ1) is 17.3. The van der Waals surface area contributed by atoms with E-state index >= 15 is 0 Å². The average molecular weight is 350 g/mol. The fourth-order valence-electron chi connectivity index (χ4n) is 2.62. The molecule has 1 fully saturated rings. The first-order valence-electron chi connectivity index (χ1n) is 8.21. The molecule has 1 aliphatic heterocycles. The first-order chi connectivity index (χ1) is 12.6. The van der Waals surface area contributed by atoms with Crippen molar-refractivity contribution >= 4 is 17.6 Å². The highest BCUT2D eigenvalue weighted by molar-refractivity contribution is 5.99. The van der Waals surface area contributed by atoms with Gasteiger partial charge in [0.2, 0.25) is 0 Å². The van der Waals surface area contributed by atoms with Gasteiger partial charge < -0.3 is 15.4 Å². The molecular formula is C19H18N4O3. The number of nitrogens with zero attached hydrogens (tertiary/aromatic N) is 2. The number of para-hydroxylation sites is 1. The Kier molecular flexibility index (Phi) is 5.04. The molecule has 0 aliphatic carbocycles. The third kappa shape index (κ3) is 3.75. The summed E-state index contributed by atoms with van der Waals surface area (Å²) in [4.78, 5) is 25.1. The van der Waals surface area contributed by atoms with E-state index in [-0.39, 0.29) is 11.9 Å². The van der Waals surface area contributed by atoms with E-state index in [1.54, 1.807) is 55.5 Å². The minimum Gasteiger partial charge on any atom is -0.456 e. The van der Waals surface area contributed by atoms with E-state index in [0.717, 1.165) is 5.69 Å². The van der Waals surface area contributed by atoms with Gasteiger partial charge in [0.1, 0.15) is 23.6 Å². The molecule has 0 bridgehead atoms. The van der Waals surface area contributed by atoms with Gasteiger partial charge in [0, 0.05) is 18.8 Å². The van der Waals surface area contributed by atoms with Crippen LogP contribution in [0.2, 0.25) is 0 Å². The maximum Gasteiger partial charge on any atom is 0.324 e. The van der Waals surface area contributed by atoms with Crippen LogP contribution in [0.4, 0.5) is 10.5 Å². The monoisotopic (exact) mass is 350 g/mol. The molecule has 0 aromatic heterocycles. The molecule has 0 radical (unpaired) electrons. The summed E-state index contributed by atoms with van der Waals surface area (Å²) in [6.07, 6.45) is 0. The van der Waals surface area contributed by atoms with E-state index in [9.17, 15) is 9.59 Å². The number of hydrogen-bond acceptors (Lipinski definition) is 5. The molecule has 0 saturated carbocycles. The van der Waals surface area contributed by atoms with Crippen molar-refractivity contribution in [3.63, 3.8) is 0 Å². The second-order valence-electron chi connectivity index (χ2n) is 5.82. The number of urea groups is 1. The number of nitriles is 1. The minimum atomic E-state index is -0.537. The van der Waals surface area contributed by atoms with E-state index in [4.69, 9.17) is 10.00 Å². The van der Waals surface area contributed by atoms with E-state index in [1.807, 2.05) is 0 Å². The van der Waals surface area contributed by atoms with Gasteiger partial charge in [-0.25, -0.2) is 4.79 Å². The van der Waals surface area contributed by atoms with E-state index in [2.05, 4.69) is 16.7 Å². The van der Waals surface area contributed by atoms with E-state index in [0.29, 0.717) is 30.2 Å². The molecule has 0 unspecified atom stereocenters. The van der Waals surface area contributed by atoms with E-state index < -0.39 is 6.04 Å². The molecule has 1 aliphatic rings. The Hall–Kier alpha value is -3.53. The number of rotatable bonds is 5. The molecule has 1 atom stereocenters. The van der Waals surface area contributed by atoms with Gasteiger partial charge in [-0.05, 0) is 43.3 Å². The van der Waals surface area contributed by atoms with Crippen LogP contribution in [0.15, 0.2) is 48.5 Å². The zero-order chi connectivity index (χ0) is 18.5. The highest BCUT2D eigenvalue weighted by atomic mass is 16.5. The van der Waals surface area contributed by atoms with Gasteiger partial charge in [0.25, 0.3) is 5.91 Å². The smallest absolute Gasteiger partial charge is 0.324 e. The lowest BCUT2D eigenvalue weighted by molar-refractivity contribution is -0.128. The summed E-state index contributed by atoms with van der Waals surface area (Å²) in [5.41, 5.74) is 1.18. The highest BCUT2D eigenvalue weighted by Crippen LogP contribution is 2.26. The highest BCUT2D eigenvalue weighted by Gasteiger charge is 2.29. The number of amides is 3. The van der Waals surface area contributed by atoms with Gasteiger partial charge in [-0.3, -0.25) is 9.69 Å². The van der Waals surface area contributed by atoms with Crippen LogP contribution in [0, 0.1) is 11.3 Å². The summed E-state index contributed by atoms with van der Waals surface area (Å²) in [6, 6.07) is 15.2. The van der Waals surface area contributed by atoms with Crippen LogP contribution in [-0.4, -0.2) is 36.0 Å². The predicted octanol–water partition coefficient (Wildman–Crippen LogP) is 2.70. The van der Waals surface area contributed by atoms with E-state index in [1.165, 1.54) is 4.90 Å². The zero-order valence-corrected chi connectivity index (χ0v) is 14.2. The van der Waals surface area contributed by atoms with Crippen LogP contribution in [0.5, 0.6) is 11.5 Å². The molecule has 2 N–H and O–H groups in total. The summed E-state index contributed by atoms with van der Waals surface area (Å²) in [5.74, 6) is 0.790. The molecule has 1 heterocycles. The molecule has 7 nitrogen and oxygen atoms in total. The standard InChI is InChI=1S/C19H18N4O3/c1-13(18(24)23-11-10-21-19(23)25)22-15-6-8-16(9-7-15)26-17-5-3-2-4-14(17)12-20/h2-9,13,22H,10-11H2,1H3,(H,21,25)/t13-/m0/s1. The van der Waals surface area contributed by atoms with Crippen LogP contribution in [0.3, 0.4) is 0 Å². The summed E-state index contributed by atoms with van der Waals surface area (Å²) in [6.45, 7) is 2.57. The van der Waals surface area contributed by atoms with Gasteiger partial charge in [0.15, 0.2) is 0 Å². The Morgan fingerprint density at radius 3 is 2.65 bits per heavy atom. The lowest BCUT2D eigenvalue weighted by Crippen LogP contribution is -2.43. The maximum atomic E-state index is 12.3. The number of nitrogens with one attached hydrogen (secondary N) is 2. The molecule has 2 aromatic rings. The van der Waals surface area contributed by atoms with Gasteiger partial charge in [0.05, 0.1) is 5.56 Å². The number of carbonyl (C=O) groups is 2. The Morgan fingerprint density at radius 1 is 1.27 bits per heavy atom. The Morgan fingerprint density at radius 2 is 2.00 bits per heavy atom. The second kappa shape index (κ2) is 7.57. The summed E-state index contributed by atoms with van der Waals surface area (Å²) in [7, 11) is 0. The van der Waals surface area contributed by atoms with Crippen molar-refractivity contribution in [1.82, 2.24) is 10.2 Å². The van der Waals surface area contributed by atoms with Crippen LogP contribution < -0.4 is 15.4 Å². The Labute approximate surface area is 151 Å². The number of ether oxygens (including phenoxy) is 1. The Balaban J connectivity index is 1.63. The maximum absolute atomic E-state index is 12.3. The first-order valence-corrected chi connectivity index (χ1v) is 8.21. The lowest BCUT2D eigenvalue weighted by Gasteiger charge is -2.19. The number of imide groups is 1. The molecule has 3 amide bonds. The van der Waals surface area contributed by atoms with Gasteiger partial charge in [-0.15, -0.1) is 0 Å². The minimum absolute atomic E-state index is 0.275. The Bertz CT molecular complexity index is 858. The SMILES string of the molecule is C[C@H](Nc1ccc(Oc2ccccc2C#N)cc1)C(=O)N1CCNC1=O. The van der Waals surface area contributed by atoms with Crippen molar-refractivity contribution in [2.75, 3.05) is 18.4 Å². The van der Waals surface area contributed by atoms with Crippen molar-refractivity contribution in [3.05, 3.63) is 54.1 Å². The van der Waals surface area contributed by atoms with Gasteiger partial charge >= 0.3 is 6.03 Å². The third-order valence-electron chi connectivity index (χ3n) is 3.97. The molecule has 26 heavy (non-hydrogen) atoms. The van der Waals surface area contributed by atoms with Crippen LogP contribution >= 0.6 is 0 Å². The largest absolute Gasteiger partial charge is 0.456 e. The van der Waals surface area contributed by atoms with Crippen molar-refractivity contribution in [1.29, 1.82) is 5.26 Å². The molecule has 1 saturated heterocycles. The van der Waals surface area contributed by atoms with Crippen LogP contribution in [0.1, 0.15) is 12.5 Å². The fourth-order valence-corrected chi connectivity index (χ4v) is 2.62. The average Bonchev–Trinajstić information content (AvgIpc) is 3.09. The molecule has 132 valence electrons. The molecule has 0 spiro atoms. The van der Waals surface area contributed by atoms with Crippen molar-refractivity contribution in [2.24, 2.45) is 0 Å². The number of benzene rings is 2. The molecule has 3 rings (SSSR count). The summed E-state index contributed by atoms with van der Waals surface area (Å²) in [5, 5.41) is 14.8. The number of carbonyl (C=O) groups excluding carboxylic acids is 2. The quantitative estimate of drug-likeness (QED) is 0.864. The van der Waals surface area contributed by atoms with Crippen LogP contribution in [0.25, 0.3) is 0 Å². The topological polar surface area (TPSA) is 94.5 Å². The molecule has 7 heteroatoms. The second-order valence-corrected chi connectivity index (χ2v) is 5.82. The fraction of sp³-hybridized carbons (Fsp3) is 0.211. The van der Waals surface area contributed by atoms with Gasteiger partial charge in [-0.2, -0.15) is 5.26 Å². The predicted molar refractivity (Wildman–Crippen MR) is 95.9 cm³/mol. The number of anilines is 1. The zero-order valence-electron chi connectivity index (χ0n) is 14.2. The number of hydrogen-bond donors (Lipinski definition) is 2. The normalized spacial score (nSPS) is 14.3. The molecule has 2 aromatic carbocycles. The summed E-state index contributed by atoms with van der Waals surface area (Å²) < 4.78 is 5.72. The van der Waals surface area contributed by atoms with Crippen LogP contribution in [-0.2, 0) is 4.79 Å².